The third-order valence-electron chi connectivity index (χ3n) is 4.65. The predicted octanol–water partition coefficient (Wildman–Crippen LogP) is 0.461. The van der Waals surface area contributed by atoms with E-state index in [1.54, 1.807) is 7.05 Å². The Bertz CT molecular complexity index is 655. The summed E-state index contributed by atoms with van der Waals surface area (Å²) in [5.74, 6) is -0.940. The van der Waals surface area contributed by atoms with Gasteiger partial charge in [0, 0.05) is 5.69 Å². The fraction of sp³-hybridized carbons (Fsp3) is 0.550. The van der Waals surface area contributed by atoms with Crippen LogP contribution in [0, 0.1) is 19.8 Å². The number of aryl methyl sites for hydroxylation is 2. The van der Waals surface area contributed by atoms with Gasteiger partial charge in [0.1, 0.15) is 6.04 Å². The summed E-state index contributed by atoms with van der Waals surface area (Å²) < 4.78 is 4.77. The maximum Gasteiger partial charge on any atom is 0.328 e. The predicted molar refractivity (Wildman–Crippen MR) is 105 cm³/mol. The van der Waals surface area contributed by atoms with Crippen LogP contribution in [0.1, 0.15) is 31.4 Å². The zero-order chi connectivity index (χ0) is 20.6. The van der Waals surface area contributed by atoms with Crippen molar-refractivity contribution in [2.45, 2.75) is 40.2 Å². The number of carbonyl (C=O) groups excluding carboxylic acids is 3. The minimum Gasteiger partial charge on any atom is -0.467 e. The summed E-state index contributed by atoms with van der Waals surface area (Å²) in [6, 6.07) is 5.14. The molecule has 0 saturated heterocycles. The van der Waals surface area contributed by atoms with Gasteiger partial charge in [-0.25, -0.2) is 4.79 Å². The van der Waals surface area contributed by atoms with Gasteiger partial charge in [-0.15, -0.1) is 0 Å². The molecule has 0 bridgehead atoms. The second kappa shape index (κ2) is 10.7. The zero-order valence-corrected chi connectivity index (χ0v) is 17.1. The van der Waals surface area contributed by atoms with Gasteiger partial charge in [-0.3, -0.25) is 9.59 Å². The Kier molecular flexibility index (Phi) is 8.94. The minimum atomic E-state index is -0.677. The molecule has 7 heteroatoms. The third-order valence-corrected chi connectivity index (χ3v) is 4.65. The van der Waals surface area contributed by atoms with E-state index >= 15 is 0 Å². The SMILES string of the molecule is CC[C@H](C)[C@@H](NC(=O)C[NH+](C)CC(=O)Nc1c(C)cccc1C)C(=O)OC. The van der Waals surface area contributed by atoms with Crippen LogP contribution < -0.4 is 15.5 Å². The van der Waals surface area contributed by atoms with Crippen molar-refractivity contribution >= 4 is 23.5 Å². The normalized spacial score (nSPS) is 14.0. The maximum absolute atomic E-state index is 12.3. The zero-order valence-electron chi connectivity index (χ0n) is 17.1. The topological polar surface area (TPSA) is 88.9 Å². The highest BCUT2D eigenvalue weighted by Crippen LogP contribution is 2.18. The number of likely N-dealkylation sites (N-methyl/N-ethyl adjacent to an activating group) is 1. The summed E-state index contributed by atoms with van der Waals surface area (Å²) in [5.41, 5.74) is 2.80. The quantitative estimate of drug-likeness (QED) is 0.545. The van der Waals surface area contributed by atoms with E-state index in [0.717, 1.165) is 28.1 Å². The van der Waals surface area contributed by atoms with Gasteiger partial charge >= 0.3 is 5.97 Å². The lowest BCUT2D eigenvalue weighted by molar-refractivity contribution is -0.862. The maximum atomic E-state index is 12.3. The van der Waals surface area contributed by atoms with Gasteiger partial charge in [-0.05, 0) is 30.9 Å². The van der Waals surface area contributed by atoms with Gasteiger partial charge in [0.2, 0.25) is 0 Å². The van der Waals surface area contributed by atoms with Crippen LogP contribution in [0.2, 0.25) is 0 Å². The lowest BCUT2D eigenvalue weighted by Gasteiger charge is -2.22. The summed E-state index contributed by atoms with van der Waals surface area (Å²) in [6.07, 6.45) is 0.737. The standard InChI is InChI=1S/C20H31N3O4/c1-7-13(2)19(20(26)27-6)22-17(25)12-23(5)11-16(24)21-18-14(3)9-8-10-15(18)4/h8-10,13,19H,7,11-12H2,1-6H3,(H,21,24)(H,22,25)/p+1/t13-,19+/m0/s1. The molecule has 7 nitrogen and oxygen atoms in total. The molecule has 3 atom stereocenters. The van der Waals surface area contributed by atoms with E-state index in [1.807, 2.05) is 45.9 Å². The van der Waals surface area contributed by atoms with Crippen molar-refractivity contribution in [2.75, 3.05) is 32.6 Å². The van der Waals surface area contributed by atoms with E-state index in [9.17, 15) is 14.4 Å². The number of rotatable bonds is 9. The van der Waals surface area contributed by atoms with Crippen molar-refractivity contribution in [3.05, 3.63) is 29.3 Å². The summed E-state index contributed by atoms with van der Waals surface area (Å²) in [4.78, 5) is 37.2. The first-order chi connectivity index (χ1) is 12.7. The molecule has 0 heterocycles. The first-order valence-corrected chi connectivity index (χ1v) is 9.24. The van der Waals surface area contributed by atoms with Crippen LogP contribution in [-0.2, 0) is 19.1 Å². The molecule has 0 fully saturated rings. The summed E-state index contributed by atoms with van der Waals surface area (Å²) in [7, 11) is 3.07. The third kappa shape index (κ3) is 7.02. The van der Waals surface area contributed by atoms with Crippen LogP contribution in [0.3, 0.4) is 0 Å². The molecule has 0 aliphatic rings. The number of quaternary nitrogens is 1. The van der Waals surface area contributed by atoms with Crippen LogP contribution in [0.5, 0.6) is 0 Å². The van der Waals surface area contributed by atoms with Crippen molar-refractivity contribution < 1.29 is 24.0 Å². The van der Waals surface area contributed by atoms with Crippen molar-refractivity contribution in [1.82, 2.24) is 5.32 Å². The summed E-state index contributed by atoms with van der Waals surface area (Å²) in [6.45, 7) is 7.94. The van der Waals surface area contributed by atoms with Crippen molar-refractivity contribution in [3.8, 4) is 0 Å². The number of nitrogens with one attached hydrogen (secondary N) is 3. The molecule has 1 rings (SSSR count). The Balaban J connectivity index is 2.59. The second-order valence-electron chi connectivity index (χ2n) is 7.08. The van der Waals surface area contributed by atoms with E-state index in [0.29, 0.717) is 0 Å². The molecular formula is C20H32N3O4+. The molecule has 1 aromatic rings. The Morgan fingerprint density at radius 2 is 1.67 bits per heavy atom. The smallest absolute Gasteiger partial charge is 0.328 e. The van der Waals surface area contributed by atoms with E-state index in [-0.39, 0.29) is 30.8 Å². The Morgan fingerprint density at radius 3 is 2.19 bits per heavy atom. The number of amides is 2. The fourth-order valence-electron chi connectivity index (χ4n) is 2.83. The van der Waals surface area contributed by atoms with Crippen molar-refractivity contribution in [2.24, 2.45) is 5.92 Å². The van der Waals surface area contributed by atoms with Gasteiger partial charge < -0.3 is 20.3 Å². The van der Waals surface area contributed by atoms with Crippen LogP contribution in [0.4, 0.5) is 5.69 Å². The highest BCUT2D eigenvalue weighted by Gasteiger charge is 2.27. The molecule has 27 heavy (non-hydrogen) atoms. The number of anilines is 1. The number of hydrogen-bond donors (Lipinski definition) is 3. The highest BCUT2D eigenvalue weighted by atomic mass is 16.5. The molecular weight excluding hydrogens is 346 g/mol. The van der Waals surface area contributed by atoms with Crippen LogP contribution in [-0.4, -0.2) is 51.1 Å². The van der Waals surface area contributed by atoms with Crippen molar-refractivity contribution in [3.63, 3.8) is 0 Å². The second-order valence-corrected chi connectivity index (χ2v) is 7.08. The van der Waals surface area contributed by atoms with E-state index < -0.39 is 12.0 Å². The number of ether oxygens (including phenoxy) is 1. The molecule has 0 spiro atoms. The van der Waals surface area contributed by atoms with Crippen molar-refractivity contribution in [1.29, 1.82) is 0 Å². The van der Waals surface area contributed by atoms with Gasteiger partial charge in [0.15, 0.2) is 13.1 Å². The average molecular weight is 378 g/mol. The number of benzene rings is 1. The first-order valence-electron chi connectivity index (χ1n) is 9.24. The lowest BCUT2D eigenvalue weighted by Crippen LogP contribution is -3.11. The molecule has 3 N–H and O–H groups in total. The van der Waals surface area contributed by atoms with E-state index in [1.165, 1.54) is 7.11 Å². The molecule has 0 radical (unpaired) electrons. The largest absolute Gasteiger partial charge is 0.467 e. The number of hydrogen-bond acceptors (Lipinski definition) is 4. The number of methoxy groups -OCH3 is 1. The van der Waals surface area contributed by atoms with Crippen LogP contribution in [0.25, 0.3) is 0 Å². The molecule has 150 valence electrons. The van der Waals surface area contributed by atoms with Gasteiger partial charge in [0.25, 0.3) is 11.8 Å². The molecule has 0 saturated carbocycles. The Hall–Kier alpha value is -2.41. The van der Waals surface area contributed by atoms with Gasteiger partial charge in [0.05, 0.1) is 14.2 Å². The van der Waals surface area contributed by atoms with E-state index in [4.69, 9.17) is 4.74 Å². The first kappa shape index (κ1) is 22.6. The summed E-state index contributed by atoms with van der Waals surface area (Å²) >= 11 is 0. The van der Waals surface area contributed by atoms with Crippen LogP contribution in [0.15, 0.2) is 18.2 Å². The Labute approximate surface area is 161 Å². The number of esters is 1. The highest BCUT2D eigenvalue weighted by molar-refractivity contribution is 5.93. The fourth-order valence-corrected chi connectivity index (χ4v) is 2.83. The van der Waals surface area contributed by atoms with Gasteiger partial charge in [-0.2, -0.15) is 0 Å². The minimum absolute atomic E-state index is 0.0333. The Morgan fingerprint density at radius 1 is 1.11 bits per heavy atom. The molecule has 0 aliphatic heterocycles. The van der Waals surface area contributed by atoms with E-state index in [2.05, 4.69) is 10.6 Å². The number of carbonyl (C=O) groups is 3. The lowest BCUT2D eigenvalue weighted by atomic mass is 9.99. The average Bonchev–Trinajstić information content (AvgIpc) is 2.61. The molecule has 2 amide bonds. The van der Waals surface area contributed by atoms with Crippen LogP contribution >= 0.6 is 0 Å². The molecule has 0 aliphatic carbocycles. The summed E-state index contributed by atoms with van der Waals surface area (Å²) in [5, 5.41) is 5.64. The number of para-hydroxylation sites is 1. The van der Waals surface area contributed by atoms with Gasteiger partial charge in [-0.1, -0.05) is 38.5 Å². The molecule has 1 unspecified atom stereocenters. The monoisotopic (exact) mass is 378 g/mol. The molecule has 0 aromatic heterocycles. The molecule has 1 aromatic carbocycles.